The fourth-order valence-electron chi connectivity index (χ4n) is 3.56. The summed E-state index contributed by atoms with van der Waals surface area (Å²) in [6.45, 7) is 7.32. The Bertz CT molecular complexity index is 852. The highest BCUT2D eigenvalue weighted by atomic mass is 19.4. The van der Waals surface area contributed by atoms with Crippen molar-refractivity contribution >= 4 is 5.91 Å². The molecular formula is C22H26F3N3O2. The van der Waals surface area contributed by atoms with Gasteiger partial charge in [-0.15, -0.1) is 0 Å². The molecule has 3 rings (SSSR count). The van der Waals surface area contributed by atoms with Gasteiger partial charge in [-0.25, -0.2) is 4.98 Å². The number of rotatable bonds is 6. The summed E-state index contributed by atoms with van der Waals surface area (Å²) in [7, 11) is 0. The third kappa shape index (κ3) is 5.58. The minimum atomic E-state index is -4.54. The zero-order chi connectivity index (χ0) is 21.7. The molecule has 2 aromatic rings. The van der Waals surface area contributed by atoms with Crippen molar-refractivity contribution in [2.45, 2.75) is 32.6 Å². The molecule has 1 unspecified atom stereocenters. The van der Waals surface area contributed by atoms with Crippen LogP contribution in [-0.4, -0.2) is 59.6 Å². The van der Waals surface area contributed by atoms with Gasteiger partial charge in [0, 0.05) is 32.2 Å². The lowest BCUT2D eigenvalue weighted by molar-refractivity contribution is -0.141. The van der Waals surface area contributed by atoms with E-state index in [0.29, 0.717) is 26.3 Å². The molecule has 1 saturated heterocycles. The molecule has 0 bridgehead atoms. The first kappa shape index (κ1) is 22.2. The number of benzene rings is 1. The maximum Gasteiger partial charge on any atom is 0.433 e. The van der Waals surface area contributed by atoms with Crippen molar-refractivity contribution in [3.8, 4) is 0 Å². The summed E-state index contributed by atoms with van der Waals surface area (Å²) in [4.78, 5) is 20.9. The Morgan fingerprint density at radius 1 is 1.17 bits per heavy atom. The van der Waals surface area contributed by atoms with E-state index in [2.05, 4.69) is 9.88 Å². The van der Waals surface area contributed by atoms with Crippen LogP contribution in [0.5, 0.6) is 0 Å². The summed E-state index contributed by atoms with van der Waals surface area (Å²) >= 11 is 0. The fraction of sp³-hybridized carbons (Fsp3) is 0.455. The number of hydrogen-bond donors (Lipinski definition) is 0. The number of amides is 1. The maximum atomic E-state index is 13.4. The summed E-state index contributed by atoms with van der Waals surface area (Å²) < 4.78 is 44.3. The SMILES string of the molecule is Cc1nc(C(F)(F)F)ccc1C(=O)N(Cc1ccccc1)C(C)CN1CCOCC1. The van der Waals surface area contributed by atoms with Crippen LogP contribution in [0.2, 0.25) is 0 Å². The van der Waals surface area contributed by atoms with Gasteiger partial charge < -0.3 is 9.64 Å². The average molecular weight is 421 g/mol. The Labute approximate surface area is 174 Å². The lowest BCUT2D eigenvalue weighted by Gasteiger charge is -2.35. The van der Waals surface area contributed by atoms with Crippen molar-refractivity contribution in [2.75, 3.05) is 32.8 Å². The van der Waals surface area contributed by atoms with Crippen LogP contribution < -0.4 is 0 Å². The first-order chi connectivity index (χ1) is 14.3. The van der Waals surface area contributed by atoms with Crippen LogP contribution in [0.25, 0.3) is 0 Å². The molecule has 0 saturated carbocycles. The van der Waals surface area contributed by atoms with E-state index < -0.39 is 11.9 Å². The van der Waals surface area contributed by atoms with Gasteiger partial charge in [0.1, 0.15) is 5.69 Å². The molecule has 0 aliphatic carbocycles. The number of halogens is 3. The summed E-state index contributed by atoms with van der Waals surface area (Å²) in [5, 5.41) is 0. The number of carbonyl (C=O) groups excluding carboxylic acids is 1. The normalized spacial score (nSPS) is 16.3. The molecule has 162 valence electrons. The highest BCUT2D eigenvalue weighted by Gasteiger charge is 2.34. The highest BCUT2D eigenvalue weighted by molar-refractivity contribution is 5.95. The van der Waals surface area contributed by atoms with Gasteiger partial charge in [0.15, 0.2) is 0 Å². The number of hydrogen-bond acceptors (Lipinski definition) is 4. The van der Waals surface area contributed by atoms with Gasteiger partial charge in [0.25, 0.3) is 5.91 Å². The summed E-state index contributed by atoms with van der Waals surface area (Å²) in [6.07, 6.45) is -4.54. The van der Waals surface area contributed by atoms with Gasteiger partial charge in [-0.05, 0) is 31.5 Å². The van der Waals surface area contributed by atoms with E-state index in [9.17, 15) is 18.0 Å². The van der Waals surface area contributed by atoms with Crippen LogP contribution in [0.4, 0.5) is 13.2 Å². The minimum absolute atomic E-state index is 0.0754. The van der Waals surface area contributed by atoms with E-state index in [4.69, 9.17) is 4.74 Å². The van der Waals surface area contributed by atoms with Crippen LogP contribution in [0.3, 0.4) is 0 Å². The number of pyridine rings is 1. The third-order valence-corrected chi connectivity index (χ3v) is 5.22. The van der Waals surface area contributed by atoms with E-state index >= 15 is 0 Å². The first-order valence-corrected chi connectivity index (χ1v) is 9.95. The average Bonchev–Trinajstić information content (AvgIpc) is 2.72. The number of aryl methyl sites for hydroxylation is 1. The Kier molecular flexibility index (Phi) is 7.10. The molecule has 8 heteroatoms. The molecule has 1 aromatic heterocycles. The van der Waals surface area contributed by atoms with Crippen molar-refractivity contribution in [3.63, 3.8) is 0 Å². The van der Waals surface area contributed by atoms with E-state index in [-0.39, 0.29) is 23.2 Å². The van der Waals surface area contributed by atoms with Crippen molar-refractivity contribution < 1.29 is 22.7 Å². The van der Waals surface area contributed by atoms with E-state index in [0.717, 1.165) is 24.7 Å². The van der Waals surface area contributed by atoms with Gasteiger partial charge in [-0.1, -0.05) is 30.3 Å². The predicted octanol–water partition coefficient (Wildman–Crippen LogP) is 3.77. The second-order valence-electron chi connectivity index (χ2n) is 7.51. The van der Waals surface area contributed by atoms with Crippen molar-refractivity contribution in [3.05, 3.63) is 65.0 Å². The Morgan fingerprint density at radius 2 is 1.83 bits per heavy atom. The van der Waals surface area contributed by atoms with Gasteiger partial charge in [-0.2, -0.15) is 13.2 Å². The Balaban J connectivity index is 1.85. The fourth-order valence-corrected chi connectivity index (χ4v) is 3.56. The Hall–Kier alpha value is -2.45. The van der Waals surface area contributed by atoms with E-state index in [1.165, 1.54) is 13.0 Å². The molecule has 1 atom stereocenters. The molecule has 1 aliphatic heterocycles. The highest BCUT2D eigenvalue weighted by Crippen LogP contribution is 2.28. The zero-order valence-corrected chi connectivity index (χ0v) is 17.2. The molecule has 1 aliphatic rings. The summed E-state index contributed by atoms with van der Waals surface area (Å²) in [6, 6.07) is 11.5. The summed E-state index contributed by atoms with van der Waals surface area (Å²) in [5.41, 5.74) is 0.226. The largest absolute Gasteiger partial charge is 0.433 e. The van der Waals surface area contributed by atoms with Crippen LogP contribution in [0, 0.1) is 6.92 Å². The van der Waals surface area contributed by atoms with E-state index in [1.54, 1.807) is 4.90 Å². The molecule has 30 heavy (non-hydrogen) atoms. The lowest BCUT2D eigenvalue weighted by atomic mass is 10.1. The smallest absolute Gasteiger partial charge is 0.379 e. The number of carbonyl (C=O) groups is 1. The predicted molar refractivity (Wildman–Crippen MR) is 107 cm³/mol. The van der Waals surface area contributed by atoms with Crippen molar-refractivity contribution in [1.82, 2.24) is 14.8 Å². The van der Waals surface area contributed by atoms with Gasteiger partial charge in [-0.3, -0.25) is 9.69 Å². The number of aromatic nitrogens is 1. The minimum Gasteiger partial charge on any atom is -0.379 e. The lowest BCUT2D eigenvalue weighted by Crippen LogP contribution is -2.48. The molecular weight excluding hydrogens is 395 g/mol. The van der Waals surface area contributed by atoms with Crippen molar-refractivity contribution in [1.29, 1.82) is 0 Å². The number of alkyl halides is 3. The molecule has 1 fully saturated rings. The third-order valence-electron chi connectivity index (χ3n) is 5.22. The quantitative estimate of drug-likeness (QED) is 0.712. The summed E-state index contributed by atoms with van der Waals surface area (Å²) in [5.74, 6) is -0.321. The zero-order valence-electron chi connectivity index (χ0n) is 17.2. The van der Waals surface area contributed by atoms with Gasteiger partial charge >= 0.3 is 6.18 Å². The molecule has 1 aromatic carbocycles. The second-order valence-corrected chi connectivity index (χ2v) is 7.51. The molecule has 2 heterocycles. The number of nitrogens with zero attached hydrogens (tertiary/aromatic N) is 3. The molecule has 0 spiro atoms. The second kappa shape index (κ2) is 9.57. The van der Waals surface area contributed by atoms with Gasteiger partial charge in [0.2, 0.25) is 0 Å². The molecule has 1 amide bonds. The monoisotopic (exact) mass is 421 g/mol. The van der Waals surface area contributed by atoms with Crippen LogP contribution in [0.15, 0.2) is 42.5 Å². The number of ether oxygens (including phenoxy) is 1. The van der Waals surface area contributed by atoms with Crippen molar-refractivity contribution in [2.24, 2.45) is 0 Å². The topological polar surface area (TPSA) is 45.7 Å². The first-order valence-electron chi connectivity index (χ1n) is 9.95. The Morgan fingerprint density at radius 3 is 2.43 bits per heavy atom. The molecule has 0 N–H and O–H groups in total. The molecule has 0 radical (unpaired) electrons. The number of morpholine rings is 1. The van der Waals surface area contributed by atoms with E-state index in [1.807, 2.05) is 37.3 Å². The standard InChI is InChI=1S/C22H26F3N3O2/c1-16(14-27-10-12-30-13-11-27)28(15-18-6-4-3-5-7-18)21(29)19-8-9-20(22(23,24)25)26-17(19)2/h3-9,16H,10-15H2,1-2H3. The maximum absolute atomic E-state index is 13.4. The van der Waals surface area contributed by atoms with Crippen LogP contribution in [-0.2, 0) is 17.5 Å². The van der Waals surface area contributed by atoms with Gasteiger partial charge in [0.05, 0.1) is 24.5 Å². The van der Waals surface area contributed by atoms with Crippen LogP contribution in [0.1, 0.15) is 34.2 Å². The van der Waals surface area contributed by atoms with Crippen LogP contribution >= 0.6 is 0 Å². The molecule has 5 nitrogen and oxygen atoms in total.